The molecule has 0 atom stereocenters. The molecule has 0 radical (unpaired) electrons. The molecule has 0 saturated carbocycles. The molecule has 2 rings (SSSR count). The molecule has 94 valence electrons. The van der Waals surface area contributed by atoms with E-state index in [4.69, 9.17) is 11.6 Å². The highest BCUT2D eigenvalue weighted by molar-refractivity contribution is 9.10. The second-order valence-corrected chi connectivity index (χ2v) is 5.08. The third-order valence-electron chi connectivity index (χ3n) is 2.39. The van der Waals surface area contributed by atoms with Gasteiger partial charge in [-0.1, -0.05) is 18.5 Å². The van der Waals surface area contributed by atoms with E-state index in [2.05, 4.69) is 38.1 Å². The number of nitrogens with one attached hydrogen (secondary N) is 1. The van der Waals surface area contributed by atoms with E-state index in [1.165, 1.54) is 0 Å². The van der Waals surface area contributed by atoms with Gasteiger partial charge in [-0.2, -0.15) is 0 Å². The molecule has 0 unspecified atom stereocenters. The van der Waals surface area contributed by atoms with E-state index >= 15 is 0 Å². The molecule has 0 saturated heterocycles. The molecule has 0 spiro atoms. The Bertz CT molecular complexity index is 546. The molecule has 0 bridgehead atoms. The Kier molecular flexibility index (Phi) is 4.55. The lowest BCUT2D eigenvalue weighted by atomic mass is 10.2. The molecule has 0 aliphatic heterocycles. The fraction of sp³-hybridized carbons (Fsp3) is 0.231. The van der Waals surface area contributed by atoms with Gasteiger partial charge >= 0.3 is 0 Å². The smallest absolute Gasteiger partial charge is 0.161 e. The van der Waals surface area contributed by atoms with Crippen molar-refractivity contribution in [2.75, 3.05) is 11.9 Å². The summed E-state index contributed by atoms with van der Waals surface area (Å²) < 4.78 is 0.869. The Balaban J connectivity index is 2.29. The highest BCUT2D eigenvalue weighted by atomic mass is 79.9. The minimum atomic E-state index is 0.656. The Hall–Kier alpha value is -1.13. The summed E-state index contributed by atoms with van der Waals surface area (Å²) in [7, 11) is 0. The summed E-state index contributed by atoms with van der Waals surface area (Å²) in [6, 6.07) is 7.55. The van der Waals surface area contributed by atoms with Gasteiger partial charge in [0.1, 0.15) is 5.82 Å². The van der Waals surface area contributed by atoms with Crippen molar-refractivity contribution in [1.29, 1.82) is 0 Å². The largest absolute Gasteiger partial charge is 0.370 e. The first-order valence-electron chi connectivity index (χ1n) is 5.73. The Morgan fingerprint density at radius 1 is 1.33 bits per heavy atom. The van der Waals surface area contributed by atoms with E-state index < -0.39 is 0 Å². The third kappa shape index (κ3) is 3.21. The first kappa shape index (κ1) is 13.3. The molecular weight excluding hydrogens is 314 g/mol. The lowest BCUT2D eigenvalue weighted by Crippen LogP contribution is -2.03. The minimum absolute atomic E-state index is 0.656. The average molecular weight is 327 g/mol. The van der Waals surface area contributed by atoms with Crippen LogP contribution in [0.3, 0.4) is 0 Å². The predicted octanol–water partition coefficient (Wildman–Crippen LogP) is 4.38. The van der Waals surface area contributed by atoms with Crippen LogP contribution in [0.25, 0.3) is 11.4 Å². The van der Waals surface area contributed by atoms with E-state index in [0.717, 1.165) is 28.8 Å². The van der Waals surface area contributed by atoms with Crippen molar-refractivity contribution in [3.63, 3.8) is 0 Å². The number of hydrogen-bond donors (Lipinski definition) is 1. The number of hydrogen-bond acceptors (Lipinski definition) is 3. The zero-order chi connectivity index (χ0) is 13.0. The van der Waals surface area contributed by atoms with Gasteiger partial charge in [0.2, 0.25) is 0 Å². The van der Waals surface area contributed by atoms with Crippen molar-refractivity contribution in [2.45, 2.75) is 13.3 Å². The fourth-order valence-electron chi connectivity index (χ4n) is 1.48. The van der Waals surface area contributed by atoms with Crippen molar-refractivity contribution in [2.24, 2.45) is 0 Å². The quantitative estimate of drug-likeness (QED) is 0.906. The van der Waals surface area contributed by atoms with Crippen LogP contribution in [0.4, 0.5) is 5.82 Å². The molecule has 5 heteroatoms. The number of aromatic nitrogens is 2. The van der Waals surface area contributed by atoms with E-state index in [9.17, 15) is 0 Å². The molecular formula is C13H13BrClN3. The van der Waals surface area contributed by atoms with Crippen molar-refractivity contribution < 1.29 is 0 Å². The highest BCUT2D eigenvalue weighted by Crippen LogP contribution is 2.27. The van der Waals surface area contributed by atoms with E-state index in [-0.39, 0.29) is 0 Å². The van der Waals surface area contributed by atoms with Gasteiger partial charge in [-0.05, 0) is 46.6 Å². The monoisotopic (exact) mass is 325 g/mol. The van der Waals surface area contributed by atoms with Crippen LogP contribution in [0.5, 0.6) is 0 Å². The Labute approximate surface area is 120 Å². The number of benzene rings is 1. The summed E-state index contributed by atoms with van der Waals surface area (Å²) in [5.41, 5.74) is 0.906. The molecule has 1 aromatic heterocycles. The first-order chi connectivity index (χ1) is 8.70. The standard InChI is InChI=1S/C13H13BrClN3/c1-2-6-16-12-5-7-17-13(18-12)9-3-4-10(14)11(15)8-9/h3-5,7-8H,2,6H2,1H3,(H,16,17,18). The predicted molar refractivity (Wildman–Crippen MR) is 79.0 cm³/mol. The van der Waals surface area contributed by atoms with Crippen LogP contribution in [0.1, 0.15) is 13.3 Å². The fourth-order valence-corrected chi connectivity index (χ4v) is 1.91. The molecule has 1 aromatic carbocycles. The number of nitrogens with zero attached hydrogens (tertiary/aromatic N) is 2. The highest BCUT2D eigenvalue weighted by Gasteiger charge is 2.05. The maximum absolute atomic E-state index is 6.07. The van der Waals surface area contributed by atoms with Gasteiger partial charge in [0.25, 0.3) is 0 Å². The Morgan fingerprint density at radius 2 is 2.17 bits per heavy atom. The zero-order valence-electron chi connectivity index (χ0n) is 9.95. The van der Waals surface area contributed by atoms with Crippen molar-refractivity contribution in [3.8, 4) is 11.4 Å². The minimum Gasteiger partial charge on any atom is -0.370 e. The summed E-state index contributed by atoms with van der Waals surface area (Å²) in [6.07, 6.45) is 2.81. The maximum atomic E-state index is 6.07. The van der Waals surface area contributed by atoms with Crippen LogP contribution in [0.2, 0.25) is 5.02 Å². The van der Waals surface area contributed by atoms with Crippen molar-refractivity contribution in [1.82, 2.24) is 9.97 Å². The first-order valence-corrected chi connectivity index (χ1v) is 6.90. The molecule has 2 aromatic rings. The lowest BCUT2D eigenvalue weighted by molar-refractivity contribution is 0.966. The summed E-state index contributed by atoms with van der Waals surface area (Å²) >= 11 is 9.43. The molecule has 18 heavy (non-hydrogen) atoms. The SMILES string of the molecule is CCCNc1ccnc(-c2ccc(Br)c(Cl)c2)n1. The number of halogens is 2. The van der Waals surface area contributed by atoms with E-state index in [1.54, 1.807) is 6.20 Å². The van der Waals surface area contributed by atoms with Crippen LogP contribution in [0.15, 0.2) is 34.9 Å². The molecule has 0 aliphatic carbocycles. The molecule has 0 aliphatic rings. The molecule has 0 fully saturated rings. The van der Waals surface area contributed by atoms with Gasteiger partial charge in [0, 0.05) is 22.8 Å². The second kappa shape index (κ2) is 6.16. The summed E-state index contributed by atoms with van der Waals surface area (Å²) in [4.78, 5) is 8.72. The molecule has 1 N–H and O–H groups in total. The third-order valence-corrected chi connectivity index (χ3v) is 3.62. The topological polar surface area (TPSA) is 37.8 Å². The van der Waals surface area contributed by atoms with Crippen LogP contribution in [-0.4, -0.2) is 16.5 Å². The lowest BCUT2D eigenvalue weighted by Gasteiger charge is -2.06. The second-order valence-electron chi connectivity index (χ2n) is 3.82. The summed E-state index contributed by atoms with van der Waals surface area (Å²) in [5, 5.41) is 3.89. The molecule has 1 heterocycles. The van der Waals surface area contributed by atoms with E-state index in [0.29, 0.717) is 10.8 Å². The summed E-state index contributed by atoms with van der Waals surface area (Å²) in [5.74, 6) is 1.51. The van der Waals surface area contributed by atoms with E-state index in [1.807, 2.05) is 24.3 Å². The van der Waals surface area contributed by atoms with Crippen molar-refractivity contribution >= 4 is 33.3 Å². The molecule has 3 nitrogen and oxygen atoms in total. The van der Waals surface area contributed by atoms with Gasteiger partial charge in [0.15, 0.2) is 5.82 Å². The zero-order valence-corrected chi connectivity index (χ0v) is 12.3. The number of rotatable bonds is 4. The Morgan fingerprint density at radius 3 is 2.89 bits per heavy atom. The summed E-state index contributed by atoms with van der Waals surface area (Å²) in [6.45, 7) is 3.02. The number of anilines is 1. The van der Waals surface area contributed by atoms with Gasteiger partial charge in [0.05, 0.1) is 5.02 Å². The van der Waals surface area contributed by atoms with Crippen molar-refractivity contribution in [3.05, 3.63) is 40.0 Å². The van der Waals surface area contributed by atoms with Gasteiger partial charge in [-0.25, -0.2) is 9.97 Å². The van der Waals surface area contributed by atoms with Crippen LogP contribution in [-0.2, 0) is 0 Å². The van der Waals surface area contributed by atoms with Crippen LogP contribution >= 0.6 is 27.5 Å². The average Bonchev–Trinajstić information content (AvgIpc) is 2.40. The van der Waals surface area contributed by atoms with Gasteiger partial charge in [-0.3, -0.25) is 0 Å². The van der Waals surface area contributed by atoms with Crippen LogP contribution < -0.4 is 5.32 Å². The maximum Gasteiger partial charge on any atom is 0.161 e. The van der Waals surface area contributed by atoms with Crippen LogP contribution in [0, 0.1) is 0 Å². The molecule has 0 amide bonds. The normalized spacial score (nSPS) is 10.4. The van der Waals surface area contributed by atoms with Gasteiger partial charge in [-0.15, -0.1) is 0 Å². The van der Waals surface area contributed by atoms with Gasteiger partial charge < -0.3 is 5.32 Å².